The minimum Gasteiger partial charge on any atom is -0.484 e. The van der Waals surface area contributed by atoms with Crippen LogP contribution < -0.4 is 10.1 Å². The summed E-state index contributed by atoms with van der Waals surface area (Å²) in [7, 11) is 0. The lowest BCUT2D eigenvalue weighted by Crippen LogP contribution is -2.49. The van der Waals surface area contributed by atoms with Gasteiger partial charge in [-0.1, -0.05) is 52.7 Å². The van der Waals surface area contributed by atoms with E-state index in [4.69, 9.17) is 16.3 Å². The van der Waals surface area contributed by atoms with Crippen LogP contribution in [0.1, 0.15) is 37.0 Å². The summed E-state index contributed by atoms with van der Waals surface area (Å²) >= 11 is 9.82. The lowest BCUT2D eigenvalue weighted by molar-refractivity contribution is -0.142. The molecule has 0 heterocycles. The van der Waals surface area contributed by atoms with Gasteiger partial charge in [0.05, 0.1) is 0 Å². The molecule has 2 rings (SSSR count). The SMILES string of the molecule is CCCNC(=O)[C@@H](C)N(Cc1ccccc1Cl)C(=O)COc1cc(C)c(Br)c(C)c1. The van der Waals surface area contributed by atoms with Crippen molar-refractivity contribution in [2.45, 2.75) is 46.7 Å². The van der Waals surface area contributed by atoms with E-state index >= 15 is 0 Å². The summed E-state index contributed by atoms with van der Waals surface area (Å²) in [5, 5.41) is 3.40. The maximum Gasteiger partial charge on any atom is 0.261 e. The zero-order valence-electron chi connectivity index (χ0n) is 17.8. The number of nitrogens with zero attached hydrogens (tertiary/aromatic N) is 1. The fourth-order valence-electron chi connectivity index (χ4n) is 3.01. The first-order chi connectivity index (χ1) is 14.2. The molecule has 2 amide bonds. The Morgan fingerprint density at radius 3 is 2.43 bits per heavy atom. The van der Waals surface area contributed by atoms with Crippen LogP contribution in [0, 0.1) is 13.8 Å². The molecule has 0 aromatic heterocycles. The second-order valence-corrected chi connectivity index (χ2v) is 8.44. The first kappa shape index (κ1) is 24.2. The third-order valence-corrected chi connectivity index (χ3v) is 6.41. The summed E-state index contributed by atoms with van der Waals surface area (Å²) in [5.41, 5.74) is 2.83. The van der Waals surface area contributed by atoms with Gasteiger partial charge in [0.25, 0.3) is 5.91 Å². The van der Waals surface area contributed by atoms with Gasteiger partial charge in [-0.3, -0.25) is 9.59 Å². The van der Waals surface area contributed by atoms with E-state index in [9.17, 15) is 9.59 Å². The number of carbonyl (C=O) groups excluding carboxylic acids is 2. The minimum atomic E-state index is -0.655. The van der Waals surface area contributed by atoms with E-state index in [2.05, 4.69) is 21.2 Å². The Kier molecular flexibility index (Phi) is 9.18. The normalized spacial score (nSPS) is 11.7. The number of aryl methyl sites for hydroxylation is 2. The number of rotatable bonds is 9. The molecule has 0 aliphatic carbocycles. The molecule has 0 aliphatic rings. The van der Waals surface area contributed by atoms with Crippen LogP contribution >= 0.6 is 27.5 Å². The van der Waals surface area contributed by atoms with Crippen LogP contribution in [0.2, 0.25) is 5.02 Å². The molecular weight excluding hydrogens is 468 g/mol. The predicted octanol–water partition coefficient (Wildman–Crippen LogP) is 5.04. The molecule has 0 spiro atoms. The second-order valence-electron chi connectivity index (χ2n) is 7.24. The number of hydrogen-bond acceptors (Lipinski definition) is 3. The van der Waals surface area contributed by atoms with Crippen LogP contribution in [0.15, 0.2) is 40.9 Å². The Morgan fingerprint density at radius 1 is 1.20 bits per heavy atom. The van der Waals surface area contributed by atoms with Crippen molar-refractivity contribution in [1.29, 1.82) is 0 Å². The molecule has 30 heavy (non-hydrogen) atoms. The number of nitrogens with one attached hydrogen (secondary N) is 1. The Balaban J connectivity index is 2.18. The third-order valence-electron chi connectivity index (χ3n) is 4.79. The highest BCUT2D eigenvalue weighted by atomic mass is 79.9. The standard InChI is InChI=1S/C23H28BrClN2O3/c1-5-10-26-23(29)17(4)27(13-18-8-6-7-9-20(18)25)21(28)14-30-19-11-15(2)22(24)16(3)12-19/h6-9,11-12,17H,5,10,13-14H2,1-4H3,(H,26,29)/t17-/m1/s1. The highest BCUT2D eigenvalue weighted by Gasteiger charge is 2.27. The Labute approximate surface area is 191 Å². The molecule has 2 aromatic rings. The molecule has 0 saturated heterocycles. The third kappa shape index (κ3) is 6.47. The van der Waals surface area contributed by atoms with Crippen molar-refractivity contribution in [3.8, 4) is 5.75 Å². The van der Waals surface area contributed by atoms with Crippen LogP contribution in [0.4, 0.5) is 0 Å². The van der Waals surface area contributed by atoms with Crippen molar-refractivity contribution in [2.75, 3.05) is 13.2 Å². The smallest absolute Gasteiger partial charge is 0.261 e. The van der Waals surface area contributed by atoms with Crippen molar-refractivity contribution in [3.63, 3.8) is 0 Å². The lowest BCUT2D eigenvalue weighted by atomic mass is 10.1. The molecule has 0 bridgehead atoms. The molecule has 7 heteroatoms. The van der Waals surface area contributed by atoms with Crippen LogP contribution in [0.5, 0.6) is 5.75 Å². The van der Waals surface area contributed by atoms with Gasteiger partial charge in [-0.25, -0.2) is 0 Å². The number of carbonyl (C=O) groups is 2. The quantitative estimate of drug-likeness (QED) is 0.530. The monoisotopic (exact) mass is 494 g/mol. The molecule has 162 valence electrons. The molecule has 5 nitrogen and oxygen atoms in total. The van der Waals surface area contributed by atoms with Gasteiger partial charge in [-0.2, -0.15) is 0 Å². The van der Waals surface area contributed by atoms with E-state index in [1.165, 1.54) is 4.90 Å². The maximum absolute atomic E-state index is 13.1. The van der Waals surface area contributed by atoms with Gasteiger partial charge in [0, 0.05) is 22.6 Å². The minimum absolute atomic E-state index is 0.170. The van der Waals surface area contributed by atoms with Crippen molar-refractivity contribution < 1.29 is 14.3 Å². The Morgan fingerprint density at radius 2 is 1.83 bits per heavy atom. The van der Waals surface area contributed by atoms with Gasteiger partial charge in [-0.15, -0.1) is 0 Å². The maximum atomic E-state index is 13.1. The molecule has 1 N–H and O–H groups in total. The summed E-state index contributed by atoms with van der Waals surface area (Å²) in [6, 6.07) is 10.4. The molecule has 0 aliphatic heterocycles. The number of ether oxygens (including phenoxy) is 1. The van der Waals surface area contributed by atoms with Crippen molar-refractivity contribution in [1.82, 2.24) is 10.2 Å². The van der Waals surface area contributed by atoms with Crippen LogP contribution in [0.3, 0.4) is 0 Å². The summed E-state index contributed by atoms with van der Waals surface area (Å²) in [5.74, 6) is 0.127. The van der Waals surface area contributed by atoms with Crippen molar-refractivity contribution >= 4 is 39.3 Å². The predicted molar refractivity (Wildman–Crippen MR) is 124 cm³/mol. The molecule has 1 atom stereocenters. The van der Waals surface area contributed by atoms with Gasteiger partial charge in [0.1, 0.15) is 11.8 Å². The lowest BCUT2D eigenvalue weighted by Gasteiger charge is -2.29. The molecule has 0 fully saturated rings. The molecule has 0 radical (unpaired) electrons. The average molecular weight is 496 g/mol. The first-order valence-corrected chi connectivity index (χ1v) is 11.1. The number of benzene rings is 2. The number of amides is 2. The summed E-state index contributed by atoms with van der Waals surface area (Å²) in [6.07, 6.45) is 0.822. The van der Waals surface area contributed by atoms with Crippen LogP contribution in [0.25, 0.3) is 0 Å². The van der Waals surface area contributed by atoms with E-state index in [1.54, 1.807) is 13.0 Å². The largest absolute Gasteiger partial charge is 0.484 e. The van der Waals surface area contributed by atoms with Gasteiger partial charge in [0.15, 0.2) is 6.61 Å². The number of halogens is 2. The van der Waals surface area contributed by atoms with Gasteiger partial charge >= 0.3 is 0 Å². The van der Waals surface area contributed by atoms with Crippen molar-refractivity contribution in [2.24, 2.45) is 0 Å². The first-order valence-electron chi connectivity index (χ1n) is 9.94. The van der Waals surface area contributed by atoms with Gasteiger partial charge in [-0.05, 0) is 62.1 Å². The van der Waals surface area contributed by atoms with E-state index in [0.29, 0.717) is 17.3 Å². The van der Waals surface area contributed by atoms with E-state index in [-0.39, 0.29) is 25.0 Å². The zero-order chi connectivity index (χ0) is 22.3. The van der Waals surface area contributed by atoms with Crippen LogP contribution in [-0.2, 0) is 16.1 Å². The fraction of sp³-hybridized carbons (Fsp3) is 0.391. The Hall–Kier alpha value is -2.05. The molecule has 0 unspecified atom stereocenters. The van der Waals surface area contributed by atoms with Crippen LogP contribution in [-0.4, -0.2) is 35.9 Å². The highest BCUT2D eigenvalue weighted by molar-refractivity contribution is 9.10. The molecule has 0 saturated carbocycles. The van der Waals surface area contributed by atoms with Gasteiger partial charge < -0.3 is 15.0 Å². The summed E-state index contributed by atoms with van der Waals surface area (Å²) in [4.78, 5) is 27.1. The topological polar surface area (TPSA) is 58.6 Å². The fourth-order valence-corrected chi connectivity index (χ4v) is 3.43. The molecular formula is C23H28BrClN2O3. The zero-order valence-corrected chi connectivity index (χ0v) is 20.1. The number of hydrogen-bond donors (Lipinski definition) is 1. The molecule has 2 aromatic carbocycles. The average Bonchev–Trinajstić information content (AvgIpc) is 2.72. The van der Waals surface area contributed by atoms with E-state index in [1.807, 2.05) is 51.1 Å². The van der Waals surface area contributed by atoms with E-state index in [0.717, 1.165) is 27.6 Å². The highest BCUT2D eigenvalue weighted by Crippen LogP contribution is 2.26. The summed E-state index contributed by atoms with van der Waals surface area (Å²) in [6.45, 7) is 8.25. The van der Waals surface area contributed by atoms with Crippen molar-refractivity contribution in [3.05, 3.63) is 62.6 Å². The Bertz CT molecular complexity index is 881. The van der Waals surface area contributed by atoms with E-state index < -0.39 is 6.04 Å². The summed E-state index contributed by atoms with van der Waals surface area (Å²) < 4.78 is 6.78. The second kappa shape index (κ2) is 11.4. The van der Waals surface area contributed by atoms with Gasteiger partial charge in [0.2, 0.25) is 5.91 Å².